The molecule has 0 rings (SSSR count). The highest BCUT2D eigenvalue weighted by molar-refractivity contribution is 6.11. The molecule has 0 radical (unpaired) electrons. The van der Waals surface area contributed by atoms with E-state index in [1.807, 2.05) is 7.85 Å². The summed E-state index contributed by atoms with van der Waals surface area (Å²) in [4.78, 5) is 0. The number of rotatable bonds is 2. The van der Waals surface area contributed by atoms with Gasteiger partial charge in [0, 0.05) is 6.61 Å². The third-order valence-electron chi connectivity index (χ3n) is 0.714. The number of aliphatic hydroxyl groups excluding tert-OH is 1. The first-order valence-electron chi connectivity index (χ1n) is 2.12. The van der Waals surface area contributed by atoms with Crippen LogP contribution in [0.3, 0.4) is 0 Å². The molecular weight excluding hydrogens is 76.9 g/mol. The Bertz CT molecular complexity index is 30.0. The highest BCUT2D eigenvalue weighted by Crippen LogP contribution is 1.87. The van der Waals surface area contributed by atoms with E-state index in [0.717, 1.165) is 0 Å². The first-order valence-corrected chi connectivity index (χ1v) is 2.12. The van der Waals surface area contributed by atoms with Crippen molar-refractivity contribution in [3.8, 4) is 0 Å². The highest BCUT2D eigenvalue weighted by atomic mass is 16.3. The van der Waals surface area contributed by atoms with Gasteiger partial charge in [0.2, 0.25) is 0 Å². The molecule has 0 aliphatic rings. The number of nitrogens with two attached hydrogens (primary N) is 1. The second-order valence-electron chi connectivity index (χ2n) is 1.52. The van der Waals surface area contributed by atoms with Crippen LogP contribution in [0.2, 0.25) is 5.82 Å². The fraction of sp³-hybridized carbons (Fsp3) is 1.00. The van der Waals surface area contributed by atoms with Crippen LogP contribution in [-0.2, 0) is 0 Å². The van der Waals surface area contributed by atoms with Gasteiger partial charge < -0.3 is 10.8 Å². The summed E-state index contributed by atoms with van der Waals surface area (Å²) in [5, 5.41) is 8.25. The first-order chi connectivity index (χ1) is 2.81. The summed E-state index contributed by atoms with van der Waals surface area (Å²) in [6.07, 6.45) is 0. The summed E-state index contributed by atoms with van der Waals surface area (Å²) in [6, 6.07) is 0. The Morgan fingerprint density at radius 3 is 2.33 bits per heavy atom. The van der Waals surface area contributed by atoms with E-state index in [1.54, 1.807) is 0 Å². The predicted molar refractivity (Wildman–Crippen MR) is 28.4 cm³/mol. The molecular formula is C3H10BNO. The minimum Gasteiger partial charge on any atom is -0.397 e. The SMILES string of the molecule is B[C@H](CN)CO. The summed E-state index contributed by atoms with van der Waals surface area (Å²) in [6.45, 7) is 0.785. The van der Waals surface area contributed by atoms with Gasteiger partial charge in [-0.15, -0.1) is 0 Å². The minimum absolute atomic E-state index is 0.205. The van der Waals surface area contributed by atoms with E-state index in [-0.39, 0.29) is 12.4 Å². The Kier molecular flexibility index (Phi) is 3.18. The molecule has 0 unspecified atom stereocenters. The maximum Gasteiger partial charge on any atom is 0.109 e. The summed E-state index contributed by atoms with van der Waals surface area (Å²) in [7, 11) is 1.90. The van der Waals surface area contributed by atoms with Gasteiger partial charge in [0.25, 0.3) is 0 Å². The average molecular weight is 86.9 g/mol. The Hall–Kier alpha value is -0.0151. The molecule has 3 N–H and O–H groups in total. The third kappa shape index (κ3) is 2.24. The largest absolute Gasteiger partial charge is 0.397 e. The van der Waals surface area contributed by atoms with Gasteiger partial charge >= 0.3 is 0 Å². The van der Waals surface area contributed by atoms with Crippen molar-refractivity contribution >= 4 is 7.85 Å². The number of hydrogen-bond acceptors (Lipinski definition) is 2. The third-order valence-corrected chi connectivity index (χ3v) is 0.714. The topological polar surface area (TPSA) is 46.2 Å². The predicted octanol–water partition coefficient (Wildman–Crippen LogP) is -1.64. The molecule has 0 bridgehead atoms. The van der Waals surface area contributed by atoms with Crippen molar-refractivity contribution in [1.82, 2.24) is 0 Å². The molecule has 0 aliphatic heterocycles. The van der Waals surface area contributed by atoms with Gasteiger partial charge in [0.1, 0.15) is 7.85 Å². The zero-order chi connectivity index (χ0) is 4.99. The number of aliphatic hydroxyl groups is 1. The van der Waals surface area contributed by atoms with E-state index in [2.05, 4.69) is 0 Å². The van der Waals surface area contributed by atoms with E-state index < -0.39 is 0 Å². The Morgan fingerprint density at radius 1 is 1.83 bits per heavy atom. The molecule has 0 heterocycles. The monoisotopic (exact) mass is 87.1 g/mol. The fourth-order valence-electron chi connectivity index (χ4n) is 0.0745. The lowest BCUT2D eigenvalue weighted by atomic mass is 9.89. The van der Waals surface area contributed by atoms with Gasteiger partial charge in [-0.05, 0) is 12.4 Å². The molecule has 0 fully saturated rings. The molecule has 1 atom stereocenters. The number of hydrogen-bond donors (Lipinski definition) is 2. The summed E-state index contributed by atoms with van der Waals surface area (Å²) in [5.74, 6) is 0.269. The second kappa shape index (κ2) is 3.19. The van der Waals surface area contributed by atoms with E-state index in [0.29, 0.717) is 6.54 Å². The molecule has 6 heavy (non-hydrogen) atoms. The smallest absolute Gasteiger partial charge is 0.109 e. The zero-order valence-corrected chi connectivity index (χ0v) is 4.02. The fourth-order valence-corrected chi connectivity index (χ4v) is 0.0745. The van der Waals surface area contributed by atoms with Crippen molar-refractivity contribution in [2.45, 2.75) is 5.82 Å². The Morgan fingerprint density at radius 2 is 2.33 bits per heavy atom. The summed E-state index contributed by atoms with van der Waals surface area (Å²) >= 11 is 0. The molecule has 0 aromatic carbocycles. The molecule has 0 spiro atoms. The molecule has 2 nitrogen and oxygen atoms in total. The maximum absolute atomic E-state index is 8.25. The molecule has 0 aromatic rings. The summed E-state index contributed by atoms with van der Waals surface area (Å²) < 4.78 is 0. The quantitative estimate of drug-likeness (QED) is 0.397. The molecule has 0 amide bonds. The van der Waals surface area contributed by atoms with Gasteiger partial charge in [0.05, 0.1) is 0 Å². The summed E-state index contributed by atoms with van der Waals surface area (Å²) in [5.41, 5.74) is 5.12. The Balaban J connectivity index is 2.75. The lowest BCUT2D eigenvalue weighted by Gasteiger charge is -1.97. The molecule has 0 saturated carbocycles. The van der Waals surface area contributed by atoms with Crippen molar-refractivity contribution in [3.05, 3.63) is 0 Å². The molecule has 3 heteroatoms. The van der Waals surface area contributed by atoms with Crippen LogP contribution in [0, 0.1) is 0 Å². The molecule has 0 aliphatic carbocycles. The van der Waals surface area contributed by atoms with Gasteiger partial charge in [-0.25, -0.2) is 0 Å². The molecule has 0 saturated heterocycles. The maximum atomic E-state index is 8.25. The van der Waals surface area contributed by atoms with Crippen LogP contribution in [0.25, 0.3) is 0 Å². The van der Waals surface area contributed by atoms with Crippen LogP contribution in [-0.4, -0.2) is 26.1 Å². The van der Waals surface area contributed by atoms with E-state index in [4.69, 9.17) is 10.8 Å². The van der Waals surface area contributed by atoms with Gasteiger partial charge in [-0.1, -0.05) is 0 Å². The second-order valence-corrected chi connectivity index (χ2v) is 1.52. The molecule has 36 valence electrons. The van der Waals surface area contributed by atoms with E-state index in [9.17, 15) is 0 Å². The van der Waals surface area contributed by atoms with Gasteiger partial charge in [0.15, 0.2) is 0 Å². The van der Waals surface area contributed by atoms with Crippen LogP contribution in [0.4, 0.5) is 0 Å². The minimum atomic E-state index is 0.205. The van der Waals surface area contributed by atoms with Crippen molar-refractivity contribution < 1.29 is 5.11 Å². The lowest BCUT2D eigenvalue weighted by Crippen LogP contribution is -2.11. The normalized spacial score (nSPS) is 14.3. The first kappa shape index (κ1) is 5.98. The van der Waals surface area contributed by atoms with Crippen molar-refractivity contribution in [2.75, 3.05) is 13.2 Å². The van der Waals surface area contributed by atoms with Crippen LogP contribution in [0.1, 0.15) is 0 Å². The van der Waals surface area contributed by atoms with Gasteiger partial charge in [-0.3, -0.25) is 0 Å². The van der Waals surface area contributed by atoms with Crippen LogP contribution >= 0.6 is 0 Å². The standard InChI is InChI=1S/C3H10BNO/c4-3(1-5)2-6/h3,6H,1-2,4-5H2/t3-/m1/s1. The van der Waals surface area contributed by atoms with E-state index >= 15 is 0 Å². The van der Waals surface area contributed by atoms with Crippen molar-refractivity contribution in [3.63, 3.8) is 0 Å². The molecule has 0 aromatic heterocycles. The van der Waals surface area contributed by atoms with Crippen LogP contribution < -0.4 is 5.73 Å². The van der Waals surface area contributed by atoms with Crippen molar-refractivity contribution in [1.29, 1.82) is 0 Å². The van der Waals surface area contributed by atoms with E-state index in [1.165, 1.54) is 0 Å². The highest BCUT2D eigenvalue weighted by Gasteiger charge is 1.91. The van der Waals surface area contributed by atoms with Gasteiger partial charge in [-0.2, -0.15) is 0 Å². The average Bonchev–Trinajstić information content (AvgIpc) is 1.65. The lowest BCUT2D eigenvalue weighted by molar-refractivity contribution is 0.291. The Labute approximate surface area is 38.8 Å². The van der Waals surface area contributed by atoms with Crippen LogP contribution in [0.15, 0.2) is 0 Å². The zero-order valence-electron chi connectivity index (χ0n) is 4.02. The van der Waals surface area contributed by atoms with Crippen molar-refractivity contribution in [2.24, 2.45) is 5.73 Å². The van der Waals surface area contributed by atoms with Crippen LogP contribution in [0.5, 0.6) is 0 Å².